The average Bonchev–Trinajstić information content (AvgIpc) is 0. The Morgan fingerprint density at radius 3 is 0.429 bits per heavy atom. The van der Waals surface area contributed by atoms with Crippen LogP contribution in [-0.4, -0.2) is 0 Å². The molecule has 0 amide bonds. The minimum Gasteiger partial charge on any atom is -0.358 e. The molecule has 0 aliphatic heterocycles. The van der Waals surface area contributed by atoms with Crippen LogP contribution in [0.1, 0.15) is 0 Å². The third kappa shape index (κ3) is 45.4. The zero-order valence-corrected chi connectivity index (χ0v) is 14.2. The van der Waals surface area contributed by atoms with E-state index in [2.05, 4.69) is 0 Å². The average molecular weight is 327 g/mol. The molecule has 0 aromatic heterocycles. The van der Waals surface area contributed by atoms with Gasteiger partial charge in [0.1, 0.15) is 0 Å². The van der Waals surface area contributed by atoms with E-state index in [-0.39, 0.29) is 128 Å². The molecule has 0 fully saturated rings. The van der Waals surface area contributed by atoms with E-state index in [0.29, 0.717) is 0 Å². The van der Waals surface area contributed by atoms with Crippen molar-refractivity contribution < 1.29 is 98.1 Å². The van der Waals surface area contributed by atoms with Crippen molar-refractivity contribution in [2.75, 3.05) is 0 Å². The van der Waals surface area contributed by atoms with Crippen molar-refractivity contribution in [3.05, 3.63) is 29.7 Å². The van der Waals surface area contributed by atoms with Gasteiger partial charge in [0.15, 0.2) is 0 Å². The third-order valence-corrected chi connectivity index (χ3v) is 0. The maximum Gasteiger partial charge on any atom is 3.00 e. The van der Waals surface area contributed by atoms with Crippen LogP contribution in [0.25, 0.3) is 0 Å². The first-order valence-electron chi connectivity index (χ1n) is 0. The van der Waals surface area contributed by atoms with Crippen LogP contribution in [0.3, 0.4) is 0 Å². The van der Waals surface area contributed by atoms with Gasteiger partial charge in [-0.25, -0.2) is 0 Å². The molecule has 38 valence electrons. The first-order valence-corrected chi connectivity index (χ1v) is 0. The number of rotatable bonds is 0. The van der Waals surface area contributed by atoms with Gasteiger partial charge in [0, 0.05) is 65.4 Å². The van der Waals surface area contributed by atoms with E-state index in [1.165, 1.54) is 0 Å². The molecule has 0 atom stereocenters. The molecular weight excluding hydrogens is 315 g/mol. The van der Waals surface area contributed by atoms with Crippen LogP contribution in [0.15, 0.2) is 0 Å². The van der Waals surface area contributed by atoms with Gasteiger partial charge in [0.2, 0.25) is 0 Å². The molecule has 0 aromatic carbocycles. The molecule has 0 N–H and O–H groups in total. The molecule has 0 saturated heterocycles. The van der Waals surface area contributed by atoms with Crippen molar-refractivity contribution in [3.63, 3.8) is 0 Å². The summed E-state index contributed by atoms with van der Waals surface area (Å²) < 4.78 is 0. The number of hydrogen-bond acceptors (Lipinski definition) is 0. The monoisotopic (exact) mass is 327 g/mol. The van der Waals surface area contributed by atoms with Gasteiger partial charge >= 0.3 is 32.7 Å². The Bertz CT molecular complexity index is 6.90. The molecule has 7 heavy (non-hydrogen) atoms. The van der Waals surface area contributed by atoms with Crippen molar-refractivity contribution in [2.24, 2.45) is 0 Å². The Labute approximate surface area is 125 Å². The summed E-state index contributed by atoms with van der Waals surface area (Å²) in [5, 5.41) is 0. The van der Waals surface area contributed by atoms with Crippen molar-refractivity contribution in [1.29, 1.82) is 0 Å². The topological polar surface area (TPSA) is 0 Å². The van der Waals surface area contributed by atoms with Gasteiger partial charge in [0.05, 0.1) is 0 Å². The molecule has 0 aliphatic carbocycles. The molecule has 0 rings (SSSR count). The Balaban J connectivity index is 0. The quantitative estimate of drug-likeness (QED) is 0.595. The summed E-state index contributed by atoms with van der Waals surface area (Å²) >= 11 is 0. The van der Waals surface area contributed by atoms with Gasteiger partial charge in [-0.05, 0) is 0 Å². The predicted octanol–water partition coefficient (Wildman–Crippen LogP) is 1.79. The van der Waals surface area contributed by atoms with Gasteiger partial charge < -0.3 is 29.7 Å². The molecular formula is C4H12Y3-. The second kappa shape index (κ2) is 58.7. The van der Waals surface area contributed by atoms with Crippen LogP contribution >= 0.6 is 0 Å². The van der Waals surface area contributed by atoms with Crippen LogP contribution in [0.2, 0.25) is 0 Å². The molecule has 0 heterocycles. The first-order chi connectivity index (χ1) is 0. The third-order valence-electron chi connectivity index (χ3n) is 0. The second-order valence-electron chi connectivity index (χ2n) is 0. The molecule has 2 radical (unpaired) electrons. The van der Waals surface area contributed by atoms with Crippen LogP contribution in [0, 0.1) is 29.7 Å². The fraction of sp³-hybridized carbons (Fsp3) is 0. The Morgan fingerprint density at radius 2 is 0.429 bits per heavy atom. The van der Waals surface area contributed by atoms with Gasteiger partial charge in [-0.2, -0.15) is 0 Å². The molecule has 0 aromatic rings. The summed E-state index contributed by atoms with van der Waals surface area (Å²) in [6, 6.07) is 0. The van der Waals surface area contributed by atoms with E-state index in [0.717, 1.165) is 0 Å². The SMILES string of the molecule is [CH3-].[CH3-].[CH3-].[CH3-].[Y+3].[Y].[Y]. The number of hydrogen-bond donors (Lipinski definition) is 0. The first kappa shape index (κ1) is 81.5. The Morgan fingerprint density at radius 1 is 0.429 bits per heavy atom. The second-order valence-corrected chi connectivity index (χ2v) is 0. The molecule has 3 heteroatoms. The predicted molar refractivity (Wildman–Crippen MR) is 25.7 cm³/mol. The van der Waals surface area contributed by atoms with Crippen LogP contribution in [0.4, 0.5) is 0 Å². The van der Waals surface area contributed by atoms with Gasteiger partial charge in [-0.1, -0.05) is 0 Å². The summed E-state index contributed by atoms with van der Waals surface area (Å²) in [6.07, 6.45) is 0. The summed E-state index contributed by atoms with van der Waals surface area (Å²) in [5.41, 5.74) is 0. The summed E-state index contributed by atoms with van der Waals surface area (Å²) in [6.45, 7) is 0. The largest absolute Gasteiger partial charge is 3.00 e. The van der Waals surface area contributed by atoms with Gasteiger partial charge in [-0.15, -0.1) is 0 Å². The minimum absolute atomic E-state index is 0. The van der Waals surface area contributed by atoms with Crippen molar-refractivity contribution in [3.8, 4) is 0 Å². The van der Waals surface area contributed by atoms with Gasteiger partial charge in [-0.3, -0.25) is 0 Å². The standard InChI is InChI=1S/4CH3.3Y/h4*1H3;;;/q4*-1;;;+3. The van der Waals surface area contributed by atoms with Crippen molar-refractivity contribution in [2.45, 2.75) is 0 Å². The van der Waals surface area contributed by atoms with E-state index >= 15 is 0 Å². The molecule has 0 spiro atoms. The van der Waals surface area contributed by atoms with Crippen LogP contribution < -0.4 is 0 Å². The minimum atomic E-state index is 0. The molecule has 0 unspecified atom stereocenters. The van der Waals surface area contributed by atoms with Crippen LogP contribution in [0.5, 0.6) is 0 Å². The summed E-state index contributed by atoms with van der Waals surface area (Å²) in [7, 11) is 0. The Hall–Kier alpha value is 3.31. The molecule has 0 aliphatic rings. The normalized spacial score (nSPS) is 0. The van der Waals surface area contributed by atoms with Crippen molar-refractivity contribution >= 4 is 0 Å². The van der Waals surface area contributed by atoms with E-state index < -0.39 is 0 Å². The van der Waals surface area contributed by atoms with Crippen molar-refractivity contribution in [1.82, 2.24) is 0 Å². The molecule has 0 saturated carbocycles. The molecule has 0 nitrogen and oxygen atoms in total. The maximum absolute atomic E-state index is 0. The fourth-order valence-corrected chi connectivity index (χ4v) is 0. The molecule has 0 bridgehead atoms. The fourth-order valence-electron chi connectivity index (χ4n) is 0. The maximum atomic E-state index is 0. The summed E-state index contributed by atoms with van der Waals surface area (Å²) in [5.74, 6) is 0. The summed E-state index contributed by atoms with van der Waals surface area (Å²) in [4.78, 5) is 0. The van der Waals surface area contributed by atoms with Gasteiger partial charge in [0.25, 0.3) is 0 Å². The van der Waals surface area contributed by atoms with E-state index in [1.54, 1.807) is 0 Å². The smallest absolute Gasteiger partial charge is 0.358 e. The van der Waals surface area contributed by atoms with E-state index in [1.807, 2.05) is 0 Å². The van der Waals surface area contributed by atoms with Crippen LogP contribution in [-0.2, 0) is 98.1 Å². The zero-order valence-electron chi connectivity index (χ0n) is 5.73. The van der Waals surface area contributed by atoms with E-state index in [4.69, 9.17) is 0 Å². The zero-order chi connectivity index (χ0) is 0. The van der Waals surface area contributed by atoms with E-state index in [9.17, 15) is 0 Å². The Kier molecular flexibility index (Phi) is 683.